The van der Waals surface area contributed by atoms with Crippen LogP contribution in [0.15, 0.2) is 42.5 Å². The van der Waals surface area contributed by atoms with E-state index in [1.165, 1.54) is 27.8 Å². The van der Waals surface area contributed by atoms with E-state index in [1.54, 1.807) is 11.3 Å². The third-order valence-electron chi connectivity index (χ3n) is 4.68. The average Bonchev–Trinajstić information content (AvgIpc) is 3.24. The summed E-state index contributed by atoms with van der Waals surface area (Å²) in [4.78, 5) is 18.3. The molecular weight excluding hydrogens is 373 g/mol. The standard InChI is InChI=1S/C19H17ClFN3OS/c20-12-7-8-13(21)15(10-12)22-18(25)11-24-9-3-5-16(24)19-23-14-4-1-2-6-17(14)26-19/h1-2,4,6-8,10,16H,3,5,9,11H2,(H,22,25)/p+1/t16-/m0/s1. The SMILES string of the molecule is O=C(C[NH+]1CCC[C@H]1c1nc2ccccc2s1)Nc1cc(Cl)ccc1F. The first kappa shape index (κ1) is 17.4. The number of halogens is 2. The van der Waals surface area contributed by atoms with Crippen LogP contribution in [0, 0.1) is 5.82 Å². The number of aromatic nitrogens is 1. The molecule has 1 fully saturated rings. The third-order valence-corrected chi connectivity index (χ3v) is 6.07. The summed E-state index contributed by atoms with van der Waals surface area (Å²) in [5.41, 5.74) is 1.13. The van der Waals surface area contributed by atoms with Gasteiger partial charge in [0.15, 0.2) is 11.6 Å². The molecule has 2 N–H and O–H groups in total. The number of carbonyl (C=O) groups is 1. The number of likely N-dealkylation sites (tertiary alicyclic amines) is 1. The molecule has 0 radical (unpaired) electrons. The van der Waals surface area contributed by atoms with Gasteiger partial charge in [-0.25, -0.2) is 9.37 Å². The molecule has 1 saturated heterocycles. The number of amides is 1. The van der Waals surface area contributed by atoms with Gasteiger partial charge in [-0.15, -0.1) is 11.3 Å². The van der Waals surface area contributed by atoms with Gasteiger partial charge in [-0.05, 0) is 30.3 Å². The van der Waals surface area contributed by atoms with Crippen molar-refractivity contribution in [3.8, 4) is 0 Å². The summed E-state index contributed by atoms with van der Waals surface area (Å²) in [6, 6.07) is 12.4. The number of para-hydroxylation sites is 1. The number of hydrogen-bond donors (Lipinski definition) is 2. The summed E-state index contributed by atoms with van der Waals surface area (Å²) in [6.45, 7) is 1.19. The van der Waals surface area contributed by atoms with Gasteiger partial charge in [0, 0.05) is 17.9 Å². The lowest BCUT2D eigenvalue weighted by Gasteiger charge is -2.19. The minimum Gasteiger partial charge on any atom is -0.319 e. The molecule has 1 unspecified atom stereocenters. The zero-order valence-corrected chi connectivity index (χ0v) is 15.5. The molecule has 1 aliphatic rings. The number of carbonyl (C=O) groups excluding carboxylic acids is 1. The maximum Gasteiger partial charge on any atom is 0.279 e. The van der Waals surface area contributed by atoms with E-state index in [-0.39, 0.29) is 24.2 Å². The molecule has 1 aromatic heterocycles. The van der Waals surface area contributed by atoms with Crippen LogP contribution >= 0.6 is 22.9 Å². The van der Waals surface area contributed by atoms with E-state index in [1.807, 2.05) is 18.2 Å². The van der Waals surface area contributed by atoms with Gasteiger partial charge in [0.1, 0.15) is 11.9 Å². The molecule has 1 amide bonds. The number of hydrogen-bond acceptors (Lipinski definition) is 3. The first-order valence-electron chi connectivity index (χ1n) is 8.55. The highest BCUT2D eigenvalue weighted by atomic mass is 35.5. The monoisotopic (exact) mass is 390 g/mol. The van der Waals surface area contributed by atoms with Crippen LogP contribution in [0.5, 0.6) is 0 Å². The van der Waals surface area contributed by atoms with Gasteiger partial charge in [-0.2, -0.15) is 0 Å². The molecule has 7 heteroatoms. The van der Waals surface area contributed by atoms with E-state index in [9.17, 15) is 9.18 Å². The average molecular weight is 391 g/mol. The van der Waals surface area contributed by atoms with Crippen molar-refractivity contribution in [2.45, 2.75) is 18.9 Å². The lowest BCUT2D eigenvalue weighted by atomic mass is 10.2. The molecule has 0 aliphatic carbocycles. The van der Waals surface area contributed by atoms with Crippen molar-refractivity contribution in [3.05, 3.63) is 58.3 Å². The normalized spacial score (nSPS) is 19.8. The summed E-state index contributed by atoms with van der Waals surface area (Å²) >= 11 is 7.58. The number of thiazole rings is 1. The quantitative estimate of drug-likeness (QED) is 0.716. The first-order chi connectivity index (χ1) is 12.6. The third kappa shape index (κ3) is 3.58. The molecule has 2 heterocycles. The van der Waals surface area contributed by atoms with Crippen molar-refractivity contribution >= 4 is 44.7 Å². The van der Waals surface area contributed by atoms with Crippen molar-refractivity contribution < 1.29 is 14.1 Å². The van der Waals surface area contributed by atoms with E-state index < -0.39 is 5.82 Å². The summed E-state index contributed by atoms with van der Waals surface area (Å²) in [5, 5.41) is 4.10. The fraction of sp³-hybridized carbons (Fsp3) is 0.263. The molecule has 26 heavy (non-hydrogen) atoms. The Morgan fingerprint density at radius 2 is 2.19 bits per heavy atom. The molecule has 1 aliphatic heterocycles. The number of anilines is 1. The Hall–Kier alpha value is -2.02. The predicted molar refractivity (Wildman–Crippen MR) is 102 cm³/mol. The van der Waals surface area contributed by atoms with Gasteiger partial charge >= 0.3 is 0 Å². The lowest BCUT2D eigenvalue weighted by Crippen LogP contribution is -3.11. The van der Waals surface area contributed by atoms with Crippen LogP contribution in [-0.2, 0) is 4.79 Å². The fourth-order valence-electron chi connectivity index (χ4n) is 3.45. The Morgan fingerprint density at radius 3 is 3.04 bits per heavy atom. The predicted octanol–water partition coefficient (Wildman–Crippen LogP) is 3.45. The molecule has 0 saturated carbocycles. The van der Waals surface area contributed by atoms with Crippen molar-refractivity contribution in [2.75, 3.05) is 18.4 Å². The van der Waals surface area contributed by atoms with Crippen LogP contribution in [-0.4, -0.2) is 24.0 Å². The molecule has 2 aromatic carbocycles. The smallest absolute Gasteiger partial charge is 0.279 e. The molecule has 4 rings (SSSR count). The second kappa shape index (κ2) is 7.31. The maximum atomic E-state index is 13.8. The zero-order chi connectivity index (χ0) is 18.1. The van der Waals surface area contributed by atoms with Gasteiger partial charge in [-0.1, -0.05) is 23.7 Å². The van der Waals surface area contributed by atoms with Crippen molar-refractivity contribution in [2.24, 2.45) is 0 Å². The van der Waals surface area contributed by atoms with E-state index in [0.29, 0.717) is 5.02 Å². The minimum absolute atomic E-state index is 0.123. The second-order valence-corrected chi connectivity index (χ2v) is 7.97. The maximum absolute atomic E-state index is 13.8. The van der Waals surface area contributed by atoms with Crippen molar-refractivity contribution in [1.82, 2.24) is 4.98 Å². The number of rotatable bonds is 4. The summed E-state index contributed by atoms with van der Waals surface area (Å²) in [7, 11) is 0. The van der Waals surface area contributed by atoms with Gasteiger partial charge in [-0.3, -0.25) is 4.79 Å². The number of benzene rings is 2. The van der Waals surface area contributed by atoms with E-state index >= 15 is 0 Å². The van der Waals surface area contributed by atoms with Crippen LogP contribution in [0.4, 0.5) is 10.1 Å². The second-order valence-electron chi connectivity index (χ2n) is 6.47. The van der Waals surface area contributed by atoms with Crippen molar-refractivity contribution in [3.63, 3.8) is 0 Å². The first-order valence-corrected chi connectivity index (χ1v) is 9.74. The summed E-state index contributed by atoms with van der Waals surface area (Å²) in [6.07, 6.45) is 2.06. The molecule has 0 spiro atoms. The highest BCUT2D eigenvalue weighted by molar-refractivity contribution is 7.18. The van der Waals surface area contributed by atoms with Gasteiger partial charge in [0.2, 0.25) is 0 Å². The number of nitrogens with zero attached hydrogens (tertiary/aromatic N) is 1. The fourth-order valence-corrected chi connectivity index (χ4v) is 4.79. The van der Waals surface area contributed by atoms with Crippen LogP contribution in [0.2, 0.25) is 5.02 Å². The molecule has 134 valence electrons. The Labute approximate surface area is 159 Å². The van der Waals surface area contributed by atoms with Crippen LogP contribution in [0.1, 0.15) is 23.9 Å². The molecular formula is C19H18ClFN3OS+. The summed E-state index contributed by atoms with van der Waals surface area (Å²) < 4.78 is 15.0. The molecule has 0 bridgehead atoms. The van der Waals surface area contributed by atoms with E-state index in [0.717, 1.165) is 29.9 Å². The Kier molecular flexibility index (Phi) is 4.89. The molecule has 2 atom stereocenters. The van der Waals surface area contributed by atoms with Crippen LogP contribution < -0.4 is 10.2 Å². The largest absolute Gasteiger partial charge is 0.319 e. The highest BCUT2D eigenvalue weighted by Crippen LogP contribution is 2.28. The van der Waals surface area contributed by atoms with Gasteiger partial charge in [0.25, 0.3) is 5.91 Å². The minimum atomic E-state index is -0.484. The van der Waals surface area contributed by atoms with E-state index in [4.69, 9.17) is 16.6 Å². The molecule has 4 nitrogen and oxygen atoms in total. The van der Waals surface area contributed by atoms with Crippen molar-refractivity contribution in [1.29, 1.82) is 0 Å². The Morgan fingerprint density at radius 1 is 1.35 bits per heavy atom. The lowest BCUT2D eigenvalue weighted by molar-refractivity contribution is -0.910. The zero-order valence-electron chi connectivity index (χ0n) is 14.0. The van der Waals surface area contributed by atoms with Gasteiger partial charge < -0.3 is 10.2 Å². The van der Waals surface area contributed by atoms with Gasteiger partial charge in [0.05, 0.1) is 22.4 Å². The number of nitrogens with one attached hydrogen (secondary N) is 2. The van der Waals surface area contributed by atoms with Crippen LogP contribution in [0.25, 0.3) is 10.2 Å². The number of fused-ring (bicyclic) bond motifs is 1. The number of quaternary nitrogens is 1. The van der Waals surface area contributed by atoms with E-state index in [2.05, 4.69) is 11.4 Å². The highest BCUT2D eigenvalue weighted by Gasteiger charge is 2.34. The molecule has 3 aromatic rings. The van der Waals surface area contributed by atoms with Crippen LogP contribution in [0.3, 0.4) is 0 Å². The Bertz CT molecular complexity index is 928. The summed E-state index contributed by atoms with van der Waals surface area (Å²) in [5.74, 6) is -0.698. The topological polar surface area (TPSA) is 46.4 Å². The Balaban J connectivity index is 1.48.